The van der Waals surface area contributed by atoms with Gasteiger partial charge in [-0.2, -0.15) is 0 Å². The highest BCUT2D eigenvalue weighted by Crippen LogP contribution is 2.20. The average Bonchev–Trinajstić information content (AvgIpc) is 2.58. The first-order valence-electron chi connectivity index (χ1n) is 8.23. The fourth-order valence-electron chi connectivity index (χ4n) is 2.33. The molecule has 27 heavy (non-hydrogen) atoms. The molecule has 0 aliphatic rings. The number of amides is 1. The number of rotatable bonds is 7. The van der Waals surface area contributed by atoms with E-state index in [0.29, 0.717) is 18.2 Å². The lowest BCUT2D eigenvalue weighted by Crippen LogP contribution is -2.36. The number of carbonyl (C=O) groups excluding carboxylic acids is 1. The van der Waals surface area contributed by atoms with Crippen molar-refractivity contribution in [3.8, 4) is 0 Å². The lowest BCUT2D eigenvalue weighted by Gasteiger charge is -2.14. The second-order valence-corrected chi connectivity index (χ2v) is 8.17. The molecule has 0 aliphatic heterocycles. The van der Waals surface area contributed by atoms with Crippen LogP contribution in [0.3, 0.4) is 0 Å². The number of carbonyl (C=O) groups is 1. The van der Waals surface area contributed by atoms with Gasteiger partial charge in [0.15, 0.2) is 11.6 Å². The summed E-state index contributed by atoms with van der Waals surface area (Å²) < 4.78 is 52.9. The maximum atomic E-state index is 13.2. The van der Waals surface area contributed by atoms with Crippen molar-refractivity contribution in [1.29, 1.82) is 0 Å². The molecule has 0 unspecified atom stereocenters. The molecule has 0 saturated heterocycles. The average molecular weight is 397 g/mol. The van der Waals surface area contributed by atoms with Crippen molar-refractivity contribution in [2.24, 2.45) is 11.7 Å². The zero-order valence-electron chi connectivity index (χ0n) is 14.9. The summed E-state index contributed by atoms with van der Waals surface area (Å²) in [5, 5.41) is 2.65. The van der Waals surface area contributed by atoms with Gasteiger partial charge in [0.25, 0.3) is 10.0 Å². The van der Waals surface area contributed by atoms with Crippen molar-refractivity contribution in [3.05, 3.63) is 54.1 Å². The number of sulfonamides is 1. The summed E-state index contributed by atoms with van der Waals surface area (Å²) in [6.45, 7) is 3.92. The van der Waals surface area contributed by atoms with Crippen molar-refractivity contribution >= 4 is 27.3 Å². The van der Waals surface area contributed by atoms with Gasteiger partial charge in [-0.1, -0.05) is 13.8 Å². The van der Waals surface area contributed by atoms with Crippen LogP contribution < -0.4 is 15.8 Å². The minimum absolute atomic E-state index is 0.198. The van der Waals surface area contributed by atoms with Crippen molar-refractivity contribution < 1.29 is 22.0 Å². The van der Waals surface area contributed by atoms with Gasteiger partial charge in [-0.25, -0.2) is 17.2 Å². The second kappa shape index (κ2) is 8.45. The van der Waals surface area contributed by atoms with E-state index in [-0.39, 0.29) is 17.5 Å². The van der Waals surface area contributed by atoms with Crippen LogP contribution >= 0.6 is 0 Å². The zero-order chi connectivity index (χ0) is 20.2. The first-order valence-corrected chi connectivity index (χ1v) is 9.71. The van der Waals surface area contributed by atoms with Gasteiger partial charge in [0.2, 0.25) is 5.91 Å². The lowest BCUT2D eigenvalue weighted by atomic mass is 10.0. The topological polar surface area (TPSA) is 101 Å². The second-order valence-electron chi connectivity index (χ2n) is 6.48. The maximum Gasteiger partial charge on any atom is 0.261 e. The fourth-order valence-corrected chi connectivity index (χ4v) is 3.40. The maximum absolute atomic E-state index is 13.2. The van der Waals surface area contributed by atoms with E-state index in [1.165, 1.54) is 24.3 Å². The van der Waals surface area contributed by atoms with E-state index in [9.17, 15) is 22.0 Å². The number of hydrogen-bond acceptors (Lipinski definition) is 4. The van der Waals surface area contributed by atoms with Crippen LogP contribution in [0.4, 0.5) is 20.2 Å². The quantitative estimate of drug-likeness (QED) is 0.668. The fraction of sp³-hybridized carbons (Fsp3) is 0.278. The van der Waals surface area contributed by atoms with Crippen LogP contribution in [0.2, 0.25) is 0 Å². The molecule has 0 aliphatic carbocycles. The monoisotopic (exact) mass is 397 g/mol. The Morgan fingerprint density at radius 3 is 2.19 bits per heavy atom. The summed E-state index contributed by atoms with van der Waals surface area (Å²) in [5.41, 5.74) is 6.46. The number of anilines is 2. The van der Waals surface area contributed by atoms with Crippen LogP contribution in [0.5, 0.6) is 0 Å². The van der Waals surface area contributed by atoms with E-state index in [4.69, 9.17) is 5.73 Å². The van der Waals surface area contributed by atoms with E-state index < -0.39 is 32.6 Å². The third kappa shape index (κ3) is 5.73. The van der Waals surface area contributed by atoms with Gasteiger partial charge in [-0.05, 0) is 54.8 Å². The zero-order valence-corrected chi connectivity index (χ0v) is 15.7. The van der Waals surface area contributed by atoms with Gasteiger partial charge >= 0.3 is 0 Å². The summed E-state index contributed by atoms with van der Waals surface area (Å²) >= 11 is 0. The molecule has 1 atom stereocenters. The smallest absolute Gasteiger partial charge is 0.261 e. The Hall–Kier alpha value is -2.52. The van der Waals surface area contributed by atoms with Crippen LogP contribution in [-0.4, -0.2) is 20.4 Å². The Balaban J connectivity index is 2.06. The van der Waals surface area contributed by atoms with Crippen molar-refractivity contribution in [2.45, 2.75) is 31.2 Å². The van der Waals surface area contributed by atoms with Crippen LogP contribution in [0.25, 0.3) is 0 Å². The summed E-state index contributed by atoms with van der Waals surface area (Å²) in [4.78, 5) is 11.6. The van der Waals surface area contributed by atoms with E-state index in [2.05, 4.69) is 10.0 Å². The van der Waals surface area contributed by atoms with Gasteiger partial charge in [-0.15, -0.1) is 0 Å². The molecule has 9 heteroatoms. The standard InChI is InChI=1S/C18H21F2N3O3S/c1-11(2)9-17(21)18(24)22-12-3-5-13(6-4-12)23-27(25,26)14-7-8-15(19)16(20)10-14/h3-8,10-11,17,23H,9,21H2,1-2H3,(H,22,24)/t17-/m0/s1. The molecule has 0 bridgehead atoms. The molecule has 1 amide bonds. The Morgan fingerprint density at radius 1 is 1.04 bits per heavy atom. The minimum atomic E-state index is -4.08. The first kappa shape index (κ1) is 20.8. The molecule has 0 saturated carbocycles. The molecule has 0 aromatic heterocycles. The van der Waals surface area contributed by atoms with Gasteiger partial charge in [0, 0.05) is 11.4 Å². The van der Waals surface area contributed by atoms with Crippen molar-refractivity contribution in [3.63, 3.8) is 0 Å². The molecule has 0 spiro atoms. The molecule has 4 N–H and O–H groups in total. The number of hydrogen-bond donors (Lipinski definition) is 3. The number of benzene rings is 2. The van der Waals surface area contributed by atoms with Crippen LogP contribution in [0.1, 0.15) is 20.3 Å². The summed E-state index contributed by atoms with van der Waals surface area (Å²) in [6, 6.07) is 7.53. The highest BCUT2D eigenvalue weighted by atomic mass is 32.2. The molecule has 6 nitrogen and oxygen atoms in total. The van der Waals surface area contributed by atoms with E-state index in [0.717, 1.165) is 12.1 Å². The molecule has 0 fully saturated rings. The van der Waals surface area contributed by atoms with Gasteiger partial charge in [-0.3, -0.25) is 9.52 Å². The molecule has 0 heterocycles. The number of halogens is 2. The van der Waals surface area contributed by atoms with Crippen LogP contribution in [-0.2, 0) is 14.8 Å². The Labute approximate surface area is 156 Å². The van der Waals surface area contributed by atoms with E-state index >= 15 is 0 Å². The highest BCUT2D eigenvalue weighted by Gasteiger charge is 2.17. The molecule has 2 rings (SSSR count). The third-order valence-corrected chi connectivity index (χ3v) is 5.05. The summed E-state index contributed by atoms with van der Waals surface area (Å²) in [5.74, 6) is -2.45. The minimum Gasteiger partial charge on any atom is -0.325 e. The van der Waals surface area contributed by atoms with Crippen molar-refractivity contribution in [2.75, 3.05) is 10.0 Å². The largest absolute Gasteiger partial charge is 0.325 e. The first-order chi connectivity index (χ1) is 12.6. The van der Waals surface area contributed by atoms with Crippen LogP contribution in [0.15, 0.2) is 47.4 Å². The predicted molar refractivity (Wildman–Crippen MR) is 99.7 cm³/mol. The molecular formula is C18H21F2N3O3S. The number of nitrogens with two attached hydrogens (primary N) is 1. The van der Waals surface area contributed by atoms with Gasteiger partial charge < -0.3 is 11.1 Å². The van der Waals surface area contributed by atoms with Gasteiger partial charge in [0.1, 0.15) is 0 Å². The Morgan fingerprint density at radius 2 is 1.63 bits per heavy atom. The summed E-state index contributed by atoms with van der Waals surface area (Å²) in [6.07, 6.45) is 0.540. The van der Waals surface area contributed by atoms with E-state index in [1.807, 2.05) is 13.8 Å². The third-order valence-electron chi connectivity index (χ3n) is 3.67. The number of nitrogens with one attached hydrogen (secondary N) is 2. The van der Waals surface area contributed by atoms with Crippen LogP contribution in [0, 0.1) is 17.6 Å². The van der Waals surface area contributed by atoms with Gasteiger partial charge in [0.05, 0.1) is 10.9 Å². The Bertz CT molecular complexity index is 916. The normalized spacial score (nSPS) is 12.7. The molecule has 146 valence electrons. The molecule has 2 aromatic carbocycles. The van der Waals surface area contributed by atoms with E-state index in [1.54, 1.807) is 0 Å². The SMILES string of the molecule is CC(C)C[C@H](N)C(=O)Nc1ccc(NS(=O)(=O)c2ccc(F)c(F)c2)cc1. The lowest BCUT2D eigenvalue weighted by molar-refractivity contribution is -0.117. The molecule has 0 radical (unpaired) electrons. The van der Waals surface area contributed by atoms with Crippen molar-refractivity contribution in [1.82, 2.24) is 0 Å². The molecule has 2 aromatic rings. The Kier molecular flexibility index (Phi) is 6.50. The highest BCUT2D eigenvalue weighted by molar-refractivity contribution is 7.92. The predicted octanol–water partition coefficient (Wildman–Crippen LogP) is 3.08. The molecular weight excluding hydrogens is 376 g/mol. The summed E-state index contributed by atoms with van der Waals surface area (Å²) in [7, 11) is -4.08.